The van der Waals surface area contributed by atoms with Gasteiger partial charge in [-0.25, -0.2) is 13.2 Å². The van der Waals surface area contributed by atoms with E-state index in [1.807, 2.05) is 0 Å². The number of hydrogen-bond donors (Lipinski definition) is 0. The Hall–Kier alpha value is -2.07. The van der Waals surface area contributed by atoms with Gasteiger partial charge in [0.15, 0.2) is 0 Å². The summed E-state index contributed by atoms with van der Waals surface area (Å²) in [6.45, 7) is 4.63. The molecular weight excluding hydrogens is 637 g/mol. The summed E-state index contributed by atoms with van der Waals surface area (Å²) < 4.78 is 248. The summed E-state index contributed by atoms with van der Waals surface area (Å²) in [5.41, 5.74) is -0.755. The monoisotopic (exact) mass is 653 g/mol. The number of hydroxylamine groups is 1. The van der Waals surface area contributed by atoms with Crippen LogP contribution in [0.4, 0.5) is 74.6 Å². The second-order valence-electron chi connectivity index (χ2n) is 7.82. The zero-order chi connectivity index (χ0) is 32.8. The number of carbonyl (C=O) groups is 1. The van der Waals surface area contributed by atoms with E-state index in [-0.39, 0.29) is 12.8 Å². The maximum Gasteiger partial charge on any atom is 0.460 e. The number of alkyl halides is 17. The third-order valence-corrected chi connectivity index (χ3v) is 6.59. The molecule has 0 amide bonds. The highest BCUT2D eigenvalue weighted by atomic mass is 32.2. The van der Waals surface area contributed by atoms with Crippen molar-refractivity contribution in [2.24, 2.45) is 0 Å². The van der Waals surface area contributed by atoms with Gasteiger partial charge in [-0.15, -0.1) is 0 Å². The standard InChI is InChI=1S/C17H16F17NO4S/c1-4-5-6-7-8(2)9(36)39-35(3)40(37,38)17(33,34)15(28,29)13(24,25)11(20,21)10(18,19)12(22,23)14(26,27)16(30,31)32/h2,4-7H2,1,3H3. The molecule has 0 aliphatic rings. The van der Waals surface area contributed by atoms with Crippen LogP contribution < -0.4 is 0 Å². The van der Waals surface area contributed by atoms with Crippen molar-refractivity contribution in [3.63, 3.8) is 0 Å². The fourth-order valence-electron chi connectivity index (χ4n) is 2.39. The molecule has 238 valence electrons. The van der Waals surface area contributed by atoms with Gasteiger partial charge in [-0.1, -0.05) is 26.3 Å². The molecule has 0 fully saturated rings. The number of rotatable bonds is 14. The molecule has 0 rings (SSSR count). The van der Waals surface area contributed by atoms with Gasteiger partial charge in [-0.05, 0) is 17.3 Å². The zero-order valence-corrected chi connectivity index (χ0v) is 20.3. The minimum absolute atomic E-state index is 0.114. The molecule has 0 bridgehead atoms. The average molecular weight is 653 g/mol. The molecule has 0 saturated carbocycles. The molecule has 0 radical (unpaired) electrons. The third kappa shape index (κ3) is 5.54. The molecule has 0 N–H and O–H groups in total. The van der Waals surface area contributed by atoms with Crippen LogP contribution in [0.2, 0.25) is 0 Å². The Kier molecular flexibility index (Phi) is 10.4. The van der Waals surface area contributed by atoms with E-state index in [2.05, 4.69) is 11.4 Å². The number of hydrogen-bond acceptors (Lipinski definition) is 4. The van der Waals surface area contributed by atoms with Gasteiger partial charge < -0.3 is 4.84 Å². The maximum absolute atomic E-state index is 14.1. The lowest BCUT2D eigenvalue weighted by atomic mass is 9.91. The minimum atomic E-state index is -8.95. The summed E-state index contributed by atoms with van der Waals surface area (Å²) in [4.78, 5) is 15.3. The first kappa shape index (κ1) is 37.9. The summed E-state index contributed by atoms with van der Waals surface area (Å²) in [6, 6.07) is 0. The Morgan fingerprint density at radius 2 is 1.02 bits per heavy atom. The highest BCUT2D eigenvalue weighted by Gasteiger charge is 2.96. The predicted octanol–water partition coefficient (Wildman–Crippen LogP) is 6.81. The third-order valence-electron chi connectivity index (χ3n) is 4.94. The lowest BCUT2D eigenvalue weighted by Crippen LogP contribution is -2.75. The number of unbranched alkanes of at least 4 members (excludes halogenated alkanes) is 2. The molecular formula is C17H16F17NO4S. The molecule has 0 heterocycles. The highest BCUT2D eigenvalue weighted by molar-refractivity contribution is 7.90. The van der Waals surface area contributed by atoms with Crippen LogP contribution in [0.25, 0.3) is 0 Å². The predicted molar refractivity (Wildman–Crippen MR) is 96.7 cm³/mol. The zero-order valence-electron chi connectivity index (χ0n) is 19.4. The molecule has 0 aromatic rings. The summed E-state index contributed by atoms with van der Waals surface area (Å²) in [6.07, 6.45) is -7.28. The highest BCUT2D eigenvalue weighted by Crippen LogP contribution is 2.64. The number of sulfonamides is 1. The van der Waals surface area contributed by atoms with E-state index in [4.69, 9.17) is 0 Å². The molecule has 0 atom stereocenters. The first-order valence-electron chi connectivity index (χ1n) is 9.88. The normalized spacial score (nSPS) is 15.4. The van der Waals surface area contributed by atoms with Crippen LogP contribution in [-0.2, 0) is 19.7 Å². The van der Waals surface area contributed by atoms with Crippen molar-refractivity contribution in [1.29, 1.82) is 0 Å². The van der Waals surface area contributed by atoms with Crippen LogP contribution in [0.15, 0.2) is 12.2 Å². The van der Waals surface area contributed by atoms with Gasteiger partial charge in [0.05, 0.1) is 0 Å². The molecule has 0 aliphatic heterocycles. The largest absolute Gasteiger partial charge is 0.460 e. The van der Waals surface area contributed by atoms with Crippen LogP contribution in [-0.4, -0.2) is 72.9 Å². The molecule has 0 spiro atoms. The van der Waals surface area contributed by atoms with Gasteiger partial charge in [-0.3, -0.25) is 0 Å². The maximum atomic E-state index is 14.1. The van der Waals surface area contributed by atoms with Gasteiger partial charge >= 0.3 is 63.0 Å². The fourth-order valence-corrected chi connectivity index (χ4v) is 3.33. The molecule has 0 aromatic heterocycles. The van der Waals surface area contributed by atoms with Crippen molar-refractivity contribution < 1.29 is 92.7 Å². The quantitative estimate of drug-likeness (QED) is 0.0895. The molecule has 5 nitrogen and oxygen atoms in total. The van der Waals surface area contributed by atoms with E-state index in [0.29, 0.717) is 12.8 Å². The second-order valence-corrected chi connectivity index (χ2v) is 9.79. The Bertz CT molecular complexity index is 1050. The van der Waals surface area contributed by atoms with E-state index in [9.17, 15) is 87.8 Å². The second kappa shape index (κ2) is 11.0. The van der Waals surface area contributed by atoms with E-state index >= 15 is 0 Å². The van der Waals surface area contributed by atoms with Crippen molar-refractivity contribution in [3.8, 4) is 0 Å². The van der Waals surface area contributed by atoms with E-state index < -0.39 is 80.0 Å². The van der Waals surface area contributed by atoms with Crippen LogP contribution in [0.3, 0.4) is 0 Å². The van der Waals surface area contributed by atoms with Gasteiger partial charge in [0, 0.05) is 12.6 Å². The summed E-state index contributed by atoms with van der Waals surface area (Å²) in [5.74, 6) is -54.3. The molecule has 23 heteroatoms. The smallest absolute Gasteiger partial charge is 0.349 e. The van der Waals surface area contributed by atoms with E-state index in [1.54, 1.807) is 6.92 Å². The Balaban J connectivity index is 6.66. The van der Waals surface area contributed by atoms with Crippen LogP contribution in [0, 0.1) is 0 Å². The van der Waals surface area contributed by atoms with Crippen LogP contribution in [0.1, 0.15) is 32.6 Å². The lowest BCUT2D eigenvalue weighted by Gasteiger charge is -2.42. The molecule has 0 unspecified atom stereocenters. The summed E-state index contributed by atoms with van der Waals surface area (Å²) in [7, 11) is -8.15. The summed E-state index contributed by atoms with van der Waals surface area (Å²) >= 11 is 0. The Morgan fingerprint density at radius 3 is 1.38 bits per heavy atom. The number of carbonyl (C=O) groups excluding carboxylic acids is 1. The van der Waals surface area contributed by atoms with Crippen LogP contribution in [0.5, 0.6) is 0 Å². The van der Waals surface area contributed by atoms with Crippen molar-refractivity contribution in [2.75, 3.05) is 7.05 Å². The minimum Gasteiger partial charge on any atom is -0.349 e. The first-order valence-corrected chi connectivity index (χ1v) is 11.3. The Morgan fingerprint density at radius 1 is 0.675 bits per heavy atom. The van der Waals surface area contributed by atoms with Crippen molar-refractivity contribution >= 4 is 16.0 Å². The Labute approximate surface area is 212 Å². The van der Waals surface area contributed by atoms with Gasteiger partial charge in [-0.2, -0.15) is 74.6 Å². The topological polar surface area (TPSA) is 63.7 Å². The van der Waals surface area contributed by atoms with Crippen LogP contribution >= 0.6 is 0 Å². The summed E-state index contributed by atoms with van der Waals surface area (Å²) in [5, 5.41) is -7.83. The van der Waals surface area contributed by atoms with E-state index in [1.165, 1.54) is 0 Å². The van der Waals surface area contributed by atoms with Gasteiger partial charge in [0.1, 0.15) is 0 Å². The van der Waals surface area contributed by atoms with Crippen molar-refractivity contribution in [3.05, 3.63) is 12.2 Å². The number of nitrogens with zero attached hydrogens (tertiary/aromatic N) is 1. The molecule has 0 aliphatic carbocycles. The van der Waals surface area contributed by atoms with Crippen molar-refractivity contribution in [1.82, 2.24) is 4.47 Å². The van der Waals surface area contributed by atoms with E-state index in [0.717, 1.165) is 0 Å². The van der Waals surface area contributed by atoms with Crippen molar-refractivity contribution in [2.45, 2.75) is 79.6 Å². The fraction of sp³-hybridized carbons (Fsp3) is 0.824. The SMILES string of the molecule is C=C(CCCCC)C(=O)ON(C)S(=O)(=O)C(F)(F)C(F)(F)C(F)(F)C(F)(F)C(F)(F)C(F)(F)C(F)(F)C(F)(F)F. The van der Waals surface area contributed by atoms with Gasteiger partial charge in [0.2, 0.25) is 0 Å². The average Bonchev–Trinajstić information content (AvgIpc) is 2.77. The lowest BCUT2D eigenvalue weighted by molar-refractivity contribution is -0.458. The molecule has 0 saturated heterocycles. The molecule has 40 heavy (non-hydrogen) atoms. The molecule has 0 aromatic carbocycles. The van der Waals surface area contributed by atoms with Gasteiger partial charge in [0.25, 0.3) is 0 Å². The number of halogens is 17. The first-order chi connectivity index (χ1) is 17.3.